The molecule has 3 N–H and O–H groups in total. The number of primary amides is 1. The summed E-state index contributed by atoms with van der Waals surface area (Å²) in [6.45, 7) is 0. The number of halogens is 3. The molecule has 0 bridgehead atoms. The van der Waals surface area contributed by atoms with E-state index in [1.54, 1.807) is 0 Å². The molecule has 3 aromatic rings. The lowest BCUT2D eigenvalue weighted by molar-refractivity contribution is -0.140. The molecule has 23 heavy (non-hydrogen) atoms. The first-order chi connectivity index (χ1) is 10.9. The van der Waals surface area contributed by atoms with Crippen molar-refractivity contribution in [2.24, 2.45) is 5.73 Å². The van der Waals surface area contributed by atoms with Crippen LogP contribution in [0.4, 0.5) is 13.2 Å². The van der Waals surface area contributed by atoms with E-state index in [2.05, 4.69) is 20.1 Å². The molecule has 0 unspecified atom stereocenters. The van der Waals surface area contributed by atoms with Gasteiger partial charge in [-0.1, -0.05) is 0 Å². The molecule has 10 heteroatoms. The Morgan fingerprint density at radius 1 is 1.26 bits per heavy atom. The molecule has 0 radical (unpaired) electrons. The number of hydrogen-bond acceptors (Lipinski definition) is 4. The number of nitrogens with zero attached hydrogens (tertiary/aromatic N) is 4. The molecule has 0 aliphatic heterocycles. The molecule has 0 aliphatic carbocycles. The van der Waals surface area contributed by atoms with Crippen LogP contribution in [0.2, 0.25) is 0 Å². The SMILES string of the molecule is NC(=O)c1ncc(-c2cn(-c3ccncc3)nc2C(F)(F)F)[nH]1. The zero-order valence-electron chi connectivity index (χ0n) is 11.4. The predicted octanol–water partition coefficient (Wildman–Crippen LogP) is 1.78. The van der Waals surface area contributed by atoms with Crippen molar-refractivity contribution in [2.45, 2.75) is 6.18 Å². The summed E-state index contributed by atoms with van der Waals surface area (Å²) < 4.78 is 40.7. The van der Waals surface area contributed by atoms with Gasteiger partial charge < -0.3 is 10.7 Å². The fourth-order valence-electron chi connectivity index (χ4n) is 1.99. The Labute approximate surface area is 127 Å². The van der Waals surface area contributed by atoms with Crippen molar-refractivity contribution in [3.63, 3.8) is 0 Å². The van der Waals surface area contributed by atoms with E-state index in [0.717, 1.165) is 10.9 Å². The topological polar surface area (TPSA) is 102 Å². The van der Waals surface area contributed by atoms with Crippen LogP contribution in [0.5, 0.6) is 0 Å². The number of amides is 1. The van der Waals surface area contributed by atoms with Crippen LogP contribution >= 0.6 is 0 Å². The summed E-state index contributed by atoms with van der Waals surface area (Å²) in [5.41, 5.74) is 4.10. The molecule has 0 aliphatic rings. The predicted molar refractivity (Wildman–Crippen MR) is 72.5 cm³/mol. The van der Waals surface area contributed by atoms with E-state index < -0.39 is 17.8 Å². The first kappa shape index (κ1) is 14.8. The van der Waals surface area contributed by atoms with Crippen LogP contribution in [-0.4, -0.2) is 30.6 Å². The van der Waals surface area contributed by atoms with E-state index in [-0.39, 0.29) is 17.1 Å². The van der Waals surface area contributed by atoms with Gasteiger partial charge in [-0.3, -0.25) is 9.78 Å². The number of rotatable bonds is 3. The van der Waals surface area contributed by atoms with Gasteiger partial charge in [0, 0.05) is 18.6 Å². The van der Waals surface area contributed by atoms with E-state index in [9.17, 15) is 18.0 Å². The molecule has 0 aromatic carbocycles. The van der Waals surface area contributed by atoms with Gasteiger partial charge >= 0.3 is 6.18 Å². The fourth-order valence-corrected chi connectivity index (χ4v) is 1.99. The molecule has 7 nitrogen and oxygen atoms in total. The van der Waals surface area contributed by atoms with Crippen LogP contribution in [0.1, 0.15) is 16.3 Å². The summed E-state index contributed by atoms with van der Waals surface area (Å²) in [5.74, 6) is -1.10. The van der Waals surface area contributed by atoms with Crippen molar-refractivity contribution in [3.8, 4) is 16.9 Å². The average Bonchev–Trinajstić information content (AvgIpc) is 3.14. The molecule has 3 heterocycles. The Kier molecular flexibility index (Phi) is 3.36. The summed E-state index contributed by atoms with van der Waals surface area (Å²) in [7, 11) is 0. The molecule has 0 atom stereocenters. The summed E-state index contributed by atoms with van der Waals surface area (Å²) in [5, 5.41) is 3.58. The summed E-state index contributed by atoms with van der Waals surface area (Å²) >= 11 is 0. The van der Waals surface area contributed by atoms with Gasteiger partial charge in [-0.15, -0.1) is 0 Å². The molecular formula is C13H9F3N6O. The number of pyridine rings is 1. The standard InChI is InChI=1S/C13H9F3N6O/c14-13(15,16)10-8(9-5-19-12(20-9)11(17)23)6-22(21-10)7-1-3-18-4-2-7/h1-6H,(H2,17,23)(H,19,20). The second-order valence-corrected chi connectivity index (χ2v) is 4.55. The van der Waals surface area contributed by atoms with Crippen LogP contribution in [0.15, 0.2) is 36.9 Å². The Balaban J connectivity index is 2.14. The number of H-pyrrole nitrogens is 1. The van der Waals surface area contributed by atoms with Gasteiger partial charge in [-0.05, 0) is 12.1 Å². The lowest BCUT2D eigenvalue weighted by Crippen LogP contribution is -2.12. The molecule has 1 amide bonds. The monoisotopic (exact) mass is 322 g/mol. The molecule has 0 fully saturated rings. The summed E-state index contributed by atoms with van der Waals surface area (Å²) in [4.78, 5) is 20.9. The third-order valence-corrected chi connectivity index (χ3v) is 3.01. The average molecular weight is 322 g/mol. The van der Waals surface area contributed by atoms with Gasteiger partial charge in [0.05, 0.1) is 23.1 Å². The van der Waals surface area contributed by atoms with E-state index in [4.69, 9.17) is 5.73 Å². The van der Waals surface area contributed by atoms with Crippen LogP contribution in [-0.2, 0) is 6.18 Å². The minimum atomic E-state index is -4.67. The van der Waals surface area contributed by atoms with Crippen molar-refractivity contribution in [2.75, 3.05) is 0 Å². The molecule has 3 aromatic heterocycles. The van der Waals surface area contributed by atoms with Gasteiger partial charge in [-0.25, -0.2) is 9.67 Å². The second kappa shape index (κ2) is 5.23. The van der Waals surface area contributed by atoms with Crippen molar-refractivity contribution >= 4 is 5.91 Å². The number of alkyl halides is 3. The van der Waals surface area contributed by atoms with Gasteiger partial charge in [0.2, 0.25) is 0 Å². The maximum atomic E-state index is 13.2. The molecule has 3 rings (SSSR count). The van der Waals surface area contributed by atoms with E-state index in [0.29, 0.717) is 5.69 Å². The lowest BCUT2D eigenvalue weighted by atomic mass is 10.2. The Bertz CT molecular complexity index is 852. The maximum absolute atomic E-state index is 13.2. The van der Waals surface area contributed by atoms with Crippen molar-refractivity contribution in [1.82, 2.24) is 24.7 Å². The Morgan fingerprint density at radius 2 is 1.96 bits per heavy atom. The third kappa shape index (κ3) is 2.78. The lowest BCUT2D eigenvalue weighted by Gasteiger charge is -2.04. The Hall–Kier alpha value is -3.17. The normalized spacial score (nSPS) is 11.6. The highest BCUT2D eigenvalue weighted by atomic mass is 19.4. The van der Waals surface area contributed by atoms with Crippen molar-refractivity contribution < 1.29 is 18.0 Å². The number of carbonyl (C=O) groups is 1. The zero-order chi connectivity index (χ0) is 16.6. The number of carbonyl (C=O) groups excluding carboxylic acids is 1. The van der Waals surface area contributed by atoms with E-state index >= 15 is 0 Å². The van der Waals surface area contributed by atoms with Crippen molar-refractivity contribution in [1.29, 1.82) is 0 Å². The number of aromatic nitrogens is 5. The Morgan fingerprint density at radius 3 is 2.52 bits per heavy atom. The van der Waals surface area contributed by atoms with Crippen LogP contribution in [0.25, 0.3) is 16.9 Å². The van der Waals surface area contributed by atoms with Crippen LogP contribution in [0.3, 0.4) is 0 Å². The minimum Gasteiger partial charge on any atom is -0.363 e. The highest BCUT2D eigenvalue weighted by Gasteiger charge is 2.38. The highest BCUT2D eigenvalue weighted by molar-refractivity contribution is 5.89. The maximum Gasteiger partial charge on any atom is 0.435 e. The number of imidazole rings is 1. The number of aromatic amines is 1. The molecule has 0 saturated heterocycles. The van der Waals surface area contributed by atoms with Gasteiger partial charge in [0.1, 0.15) is 0 Å². The fraction of sp³-hybridized carbons (Fsp3) is 0.0769. The number of hydrogen-bond donors (Lipinski definition) is 2. The molecular weight excluding hydrogens is 313 g/mol. The summed E-state index contributed by atoms with van der Waals surface area (Å²) in [6, 6.07) is 3.03. The number of nitrogens with two attached hydrogens (primary N) is 1. The van der Waals surface area contributed by atoms with E-state index in [1.165, 1.54) is 30.7 Å². The molecule has 118 valence electrons. The van der Waals surface area contributed by atoms with Gasteiger partial charge in [0.25, 0.3) is 5.91 Å². The smallest absolute Gasteiger partial charge is 0.363 e. The van der Waals surface area contributed by atoms with Gasteiger partial charge in [-0.2, -0.15) is 18.3 Å². The summed E-state index contributed by atoms with van der Waals surface area (Å²) in [6.07, 6.45) is 0.488. The highest BCUT2D eigenvalue weighted by Crippen LogP contribution is 2.36. The molecule has 0 spiro atoms. The van der Waals surface area contributed by atoms with Crippen LogP contribution in [0, 0.1) is 0 Å². The largest absolute Gasteiger partial charge is 0.435 e. The van der Waals surface area contributed by atoms with Crippen LogP contribution < -0.4 is 5.73 Å². The zero-order valence-corrected chi connectivity index (χ0v) is 11.4. The van der Waals surface area contributed by atoms with Crippen molar-refractivity contribution in [3.05, 3.63) is 48.4 Å². The molecule has 0 saturated carbocycles. The second-order valence-electron chi connectivity index (χ2n) is 4.55. The first-order valence-electron chi connectivity index (χ1n) is 6.28. The quantitative estimate of drug-likeness (QED) is 0.767. The number of nitrogens with one attached hydrogen (secondary N) is 1. The first-order valence-corrected chi connectivity index (χ1v) is 6.28. The minimum absolute atomic E-state index is 0.00793. The van der Waals surface area contributed by atoms with E-state index in [1.807, 2.05) is 0 Å². The van der Waals surface area contributed by atoms with Gasteiger partial charge in [0.15, 0.2) is 11.5 Å². The third-order valence-electron chi connectivity index (χ3n) is 3.01.